The Kier molecular flexibility index (Phi) is 3.40. The van der Waals surface area contributed by atoms with Crippen molar-refractivity contribution in [2.24, 2.45) is 0 Å². The first-order chi connectivity index (χ1) is 8.06. The Morgan fingerprint density at radius 2 is 1.88 bits per heavy atom. The van der Waals surface area contributed by atoms with E-state index in [9.17, 15) is 4.79 Å². The van der Waals surface area contributed by atoms with Crippen LogP contribution in [0.3, 0.4) is 0 Å². The summed E-state index contributed by atoms with van der Waals surface area (Å²) < 4.78 is 0.930. The highest BCUT2D eigenvalue weighted by atomic mass is 79.9. The number of halogens is 2. The van der Waals surface area contributed by atoms with Crippen LogP contribution in [-0.4, -0.2) is 21.0 Å². The molecular weight excluding hydrogens is 307 g/mol. The summed E-state index contributed by atoms with van der Waals surface area (Å²) in [6.45, 7) is 0. The Hall–Kier alpha value is -1.46. The van der Waals surface area contributed by atoms with E-state index in [2.05, 4.69) is 25.9 Å². The lowest BCUT2D eigenvalue weighted by Gasteiger charge is -2.03. The van der Waals surface area contributed by atoms with Crippen LogP contribution in [0.2, 0.25) is 5.28 Å². The number of rotatable bonds is 2. The Morgan fingerprint density at radius 1 is 1.24 bits per heavy atom. The van der Waals surface area contributed by atoms with Gasteiger partial charge in [0.25, 0.3) is 0 Å². The van der Waals surface area contributed by atoms with E-state index in [0.717, 1.165) is 10.0 Å². The molecule has 0 atom stereocenters. The standard InChI is InChI=1S/C11H6BrClN2O2/c12-7-3-1-6(2-4-7)8-5-9(10(16)17)15-11(13)14-8/h1-5H,(H,16,17). The summed E-state index contributed by atoms with van der Waals surface area (Å²) in [5.41, 5.74) is 1.14. The van der Waals surface area contributed by atoms with Gasteiger partial charge in [0.05, 0.1) is 5.69 Å². The van der Waals surface area contributed by atoms with Gasteiger partial charge in [-0.1, -0.05) is 28.1 Å². The molecule has 0 saturated carbocycles. The fraction of sp³-hybridized carbons (Fsp3) is 0. The first-order valence-corrected chi connectivity index (χ1v) is 5.77. The minimum absolute atomic E-state index is 0.0807. The lowest BCUT2D eigenvalue weighted by Crippen LogP contribution is -2.02. The Labute approximate surface area is 110 Å². The van der Waals surface area contributed by atoms with E-state index in [1.54, 1.807) is 0 Å². The van der Waals surface area contributed by atoms with Gasteiger partial charge in [-0.05, 0) is 29.8 Å². The predicted molar refractivity (Wildman–Crippen MR) is 67.1 cm³/mol. The zero-order valence-electron chi connectivity index (χ0n) is 8.39. The third-order valence-corrected chi connectivity index (χ3v) is 2.76. The highest BCUT2D eigenvalue weighted by Crippen LogP contribution is 2.21. The molecule has 86 valence electrons. The summed E-state index contributed by atoms with van der Waals surface area (Å²) >= 11 is 9.00. The van der Waals surface area contributed by atoms with Gasteiger partial charge in [0.15, 0.2) is 5.69 Å². The fourth-order valence-electron chi connectivity index (χ4n) is 1.30. The second kappa shape index (κ2) is 4.81. The van der Waals surface area contributed by atoms with E-state index in [-0.39, 0.29) is 11.0 Å². The molecule has 0 amide bonds. The number of carboxylic acid groups (broad SMARTS) is 1. The van der Waals surface area contributed by atoms with E-state index in [1.807, 2.05) is 24.3 Å². The minimum Gasteiger partial charge on any atom is -0.477 e. The topological polar surface area (TPSA) is 63.1 Å². The molecule has 0 aliphatic rings. The van der Waals surface area contributed by atoms with Gasteiger partial charge in [0.1, 0.15) is 0 Å². The van der Waals surface area contributed by atoms with Crippen molar-refractivity contribution < 1.29 is 9.90 Å². The van der Waals surface area contributed by atoms with E-state index in [1.165, 1.54) is 6.07 Å². The van der Waals surface area contributed by atoms with Crippen LogP contribution in [0.5, 0.6) is 0 Å². The lowest BCUT2D eigenvalue weighted by atomic mass is 10.1. The fourth-order valence-corrected chi connectivity index (χ4v) is 1.74. The SMILES string of the molecule is O=C(O)c1cc(-c2ccc(Br)cc2)nc(Cl)n1. The summed E-state index contributed by atoms with van der Waals surface area (Å²) in [6, 6.07) is 8.69. The van der Waals surface area contributed by atoms with Crippen molar-refractivity contribution in [3.05, 3.63) is 45.8 Å². The van der Waals surface area contributed by atoms with Crippen molar-refractivity contribution >= 4 is 33.5 Å². The average molecular weight is 314 g/mol. The van der Waals surface area contributed by atoms with Crippen LogP contribution in [0.15, 0.2) is 34.8 Å². The minimum atomic E-state index is -1.13. The third kappa shape index (κ3) is 2.81. The molecule has 0 saturated heterocycles. The highest BCUT2D eigenvalue weighted by molar-refractivity contribution is 9.10. The zero-order chi connectivity index (χ0) is 12.4. The Balaban J connectivity index is 2.51. The van der Waals surface area contributed by atoms with Crippen molar-refractivity contribution in [3.63, 3.8) is 0 Å². The van der Waals surface area contributed by atoms with E-state index in [4.69, 9.17) is 16.7 Å². The summed E-state index contributed by atoms with van der Waals surface area (Å²) in [4.78, 5) is 18.4. The molecule has 0 fully saturated rings. The van der Waals surface area contributed by atoms with Gasteiger partial charge < -0.3 is 5.11 Å². The highest BCUT2D eigenvalue weighted by Gasteiger charge is 2.10. The average Bonchev–Trinajstić information content (AvgIpc) is 2.29. The van der Waals surface area contributed by atoms with Crippen molar-refractivity contribution in [3.8, 4) is 11.3 Å². The molecule has 6 heteroatoms. The number of hydrogen-bond donors (Lipinski definition) is 1. The van der Waals surface area contributed by atoms with Crippen LogP contribution in [0.25, 0.3) is 11.3 Å². The molecule has 17 heavy (non-hydrogen) atoms. The van der Waals surface area contributed by atoms with E-state index in [0.29, 0.717) is 5.69 Å². The molecule has 0 aliphatic heterocycles. The largest absolute Gasteiger partial charge is 0.477 e. The second-order valence-electron chi connectivity index (χ2n) is 3.22. The molecule has 0 aliphatic carbocycles. The van der Waals surface area contributed by atoms with Gasteiger partial charge >= 0.3 is 5.97 Å². The molecule has 1 aromatic carbocycles. The van der Waals surface area contributed by atoms with Crippen molar-refractivity contribution in [2.45, 2.75) is 0 Å². The maximum atomic E-state index is 10.8. The number of nitrogens with zero attached hydrogens (tertiary/aromatic N) is 2. The normalized spacial score (nSPS) is 10.2. The zero-order valence-corrected chi connectivity index (χ0v) is 10.7. The van der Waals surface area contributed by atoms with Crippen LogP contribution in [0.4, 0.5) is 0 Å². The van der Waals surface area contributed by atoms with E-state index < -0.39 is 5.97 Å². The summed E-state index contributed by atoms with van der Waals surface area (Å²) in [6.07, 6.45) is 0. The first-order valence-electron chi connectivity index (χ1n) is 4.60. The lowest BCUT2D eigenvalue weighted by molar-refractivity contribution is 0.0690. The van der Waals surface area contributed by atoms with Gasteiger partial charge in [-0.15, -0.1) is 0 Å². The first kappa shape index (κ1) is 12.0. The number of benzene rings is 1. The smallest absolute Gasteiger partial charge is 0.354 e. The third-order valence-electron chi connectivity index (χ3n) is 2.06. The number of hydrogen-bond acceptors (Lipinski definition) is 3. The number of carbonyl (C=O) groups is 1. The molecule has 1 heterocycles. The molecule has 0 spiro atoms. The molecular formula is C11H6BrClN2O2. The van der Waals surface area contributed by atoms with Crippen molar-refractivity contribution in [1.82, 2.24) is 9.97 Å². The predicted octanol–water partition coefficient (Wildman–Crippen LogP) is 3.26. The quantitative estimate of drug-likeness (QED) is 0.864. The number of carboxylic acids is 1. The van der Waals surface area contributed by atoms with E-state index >= 15 is 0 Å². The van der Waals surface area contributed by atoms with Crippen LogP contribution in [0, 0.1) is 0 Å². The number of aromatic nitrogens is 2. The van der Waals surface area contributed by atoms with Crippen molar-refractivity contribution in [1.29, 1.82) is 0 Å². The molecule has 4 nitrogen and oxygen atoms in total. The van der Waals surface area contributed by atoms with Gasteiger partial charge in [0, 0.05) is 10.0 Å². The van der Waals surface area contributed by atoms with Gasteiger partial charge in [-0.3, -0.25) is 0 Å². The maximum absolute atomic E-state index is 10.8. The summed E-state index contributed by atoms with van der Waals surface area (Å²) in [5.74, 6) is -1.13. The molecule has 1 aromatic heterocycles. The molecule has 1 N–H and O–H groups in total. The molecule has 0 radical (unpaired) electrons. The molecule has 0 unspecified atom stereocenters. The van der Waals surface area contributed by atoms with Gasteiger partial charge in [-0.25, -0.2) is 14.8 Å². The van der Waals surface area contributed by atoms with Crippen LogP contribution in [-0.2, 0) is 0 Å². The molecule has 0 bridgehead atoms. The monoisotopic (exact) mass is 312 g/mol. The number of aromatic carboxylic acids is 1. The van der Waals surface area contributed by atoms with Gasteiger partial charge in [0.2, 0.25) is 5.28 Å². The summed E-state index contributed by atoms with van der Waals surface area (Å²) in [7, 11) is 0. The van der Waals surface area contributed by atoms with Crippen LogP contribution >= 0.6 is 27.5 Å². The van der Waals surface area contributed by atoms with Crippen molar-refractivity contribution in [2.75, 3.05) is 0 Å². The molecule has 2 rings (SSSR count). The molecule has 2 aromatic rings. The Morgan fingerprint density at radius 3 is 2.47 bits per heavy atom. The maximum Gasteiger partial charge on any atom is 0.354 e. The Bertz CT molecular complexity index is 572. The van der Waals surface area contributed by atoms with Gasteiger partial charge in [-0.2, -0.15) is 0 Å². The summed E-state index contributed by atoms with van der Waals surface area (Å²) in [5, 5.41) is 8.79. The van der Waals surface area contributed by atoms with Crippen LogP contribution < -0.4 is 0 Å². The van der Waals surface area contributed by atoms with Crippen LogP contribution in [0.1, 0.15) is 10.5 Å². The second-order valence-corrected chi connectivity index (χ2v) is 4.47.